The van der Waals surface area contributed by atoms with Crippen molar-refractivity contribution in [2.45, 2.75) is 33.2 Å². The van der Waals surface area contributed by atoms with E-state index in [-0.39, 0.29) is 18.6 Å². The molecule has 0 spiro atoms. The Morgan fingerprint density at radius 3 is 2.26 bits per heavy atom. The van der Waals surface area contributed by atoms with Gasteiger partial charge in [-0.25, -0.2) is 0 Å². The molecule has 2 unspecified atom stereocenters. The fourth-order valence-electron chi connectivity index (χ4n) is 2.76. The van der Waals surface area contributed by atoms with E-state index in [0.29, 0.717) is 0 Å². The van der Waals surface area contributed by atoms with Crippen LogP contribution in [0.1, 0.15) is 36.1 Å². The molecular formula is C16H27NO2. The van der Waals surface area contributed by atoms with Crippen LogP contribution >= 0.6 is 0 Å². The van der Waals surface area contributed by atoms with Crippen LogP contribution in [0.4, 0.5) is 0 Å². The molecule has 108 valence electrons. The molecule has 0 heterocycles. The molecule has 0 aromatic heterocycles. The van der Waals surface area contributed by atoms with E-state index in [2.05, 4.69) is 45.8 Å². The highest BCUT2D eigenvalue weighted by Crippen LogP contribution is 2.34. The Labute approximate surface area is 117 Å². The predicted molar refractivity (Wildman–Crippen MR) is 79.8 cm³/mol. The summed E-state index contributed by atoms with van der Waals surface area (Å²) in [5, 5.41) is 9.62. The summed E-state index contributed by atoms with van der Waals surface area (Å²) >= 11 is 0. The molecule has 0 aliphatic rings. The Kier molecular flexibility index (Phi) is 5.83. The van der Waals surface area contributed by atoms with Crippen molar-refractivity contribution in [3.05, 3.63) is 28.8 Å². The first-order valence-corrected chi connectivity index (χ1v) is 6.89. The summed E-state index contributed by atoms with van der Waals surface area (Å²) in [7, 11) is 5.84. The highest BCUT2D eigenvalue weighted by Gasteiger charge is 2.25. The number of nitrogens with zero attached hydrogens (tertiary/aromatic N) is 1. The number of aliphatic hydroxyl groups excluding tert-OH is 1. The van der Waals surface area contributed by atoms with Crippen molar-refractivity contribution in [2.75, 3.05) is 27.8 Å². The first-order chi connectivity index (χ1) is 8.97. The first kappa shape index (κ1) is 16.0. The van der Waals surface area contributed by atoms with Gasteiger partial charge in [-0.2, -0.15) is 0 Å². The van der Waals surface area contributed by atoms with Crippen LogP contribution in [0.2, 0.25) is 0 Å². The van der Waals surface area contributed by atoms with Crippen molar-refractivity contribution >= 4 is 0 Å². The number of rotatable bonds is 6. The normalized spacial score (nSPS) is 14.5. The van der Waals surface area contributed by atoms with Gasteiger partial charge in [-0.15, -0.1) is 0 Å². The average molecular weight is 265 g/mol. The van der Waals surface area contributed by atoms with Crippen molar-refractivity contribution in [2.24, 2.45) is 5.92 Å². The Bertz CT molecular complexity index is 411. The molecule has 0 radical (unpaired) electrons. The number of methoxy groups -OCH3 is 1. The van der Waals surface area contributed by atoms with Crippen molar-refractivity contribution in [1.82, 2.24) is 4.90 Å². The highest BCUT2D eigenvalue weighted by atomic mass is 16.5. The number of aliphatic hydroxyl groups is 1. The summed E-state index contributed by atoms with van der Waals surface area (Å²) in [4.78, 5) is 2.19. The topological polar surface area (TPSA) is 32.7 Å². The molecule has 0 fully saturated rings. The summed E-state index contributed by atoms with van der Waals surface area (Å²) < 4.78 is 5.37. The molecule has 2 atom stereocenters. The second-order valence-corrected chi connectivity index (χ2v) is 5.37. The third-order valence-electron chi connectivity index (χ3n) is 4.08. The minimum Gasteiger partial charge on any atom is -0.496 e. The molecule has 3 heteroatoms. The Morgan fingerprint density at radius 2 is 1.84 bits per heavy atom. The minimum absolute atomic E-state index is 0.212. The maximum Gasteiger partial charge on any atom is 0.122 e. The lowest BCUT2D eigenvalue weighted by Crippen LogP contribution is -2.30. The molecule has 1 aromatic carbocycles. The van der Waals surface area contributed by atoms with Crippen molar-refractivity contribution < 1.29 is 9.84 Å². The van der Waals surface area contributed by atoms with Crippen molar-refractivity contribution in [3.63, 3.8) is 0 Å². The van der Waals surface area contributed by atoms with Gasteiger partial charge in [-0.05, 0) is 57.1 Å². The van der Waals surface area contributed by atoms with Crippen LogP contribution in [-0.4, -0.2) is 37.8 Å². The van der Waals surface area contributed by atoms with Crippen LogP contribution in [0.3, 0.4) is 0 Å². The zero-order valence-corrected chi connectivity index (χ0v) is 13.0. The zero-order chi connectivity index (χ0) is 14.6. The van der Waals surface area contributed by atoms with Crippen molar-refractivity contribution in [3.8, 4) is 5.75 Å². The monoisotopic (exact) mass is 265 g/mol. The summed E-state index contributed by atoms with van der Waals surface area (Å²) in [6.45, 7) is 6.56. The van der Waals surface area contributed by atoms with Crippen LogP contribution in [0, 0.1) is 19.8 Å². The van der Waals surface area contributed by atoms with E-state index >= 15 is 0 Å². The molecule has 1 aromatic rings. The van der Waals surface area contributed by atoms with E-state index < -0.39 is 0 Å². The maximum absolute atomic E-state index is 9.62. The molecule has 0 bridgehead atoms. The third-order valence-corrected chi connectivity index (χ3v) is 4.08. The van der Waals surface area contributed by atoms with E-state index in [0.717, 1.165) is 12.2 Å². The van der Waals surface area contributed by atoms with E-state index in [9.17, 15) is 5.11 Å². The summed E-state index contributed by atoms with van der Waals surface area (Å²) in [5.74, 6) is 1.18. The summed E-state index contributed by atoms with van der Waals surface area (Å²) in [6.07, 6.45) is 0.962. The molecule has 1 rings (SSSR count). The first-order valence-electron chi connectivity index (χ1n) is 6.89. The van der Waals surface area contributed by atoms with Gasteiger partial charge in [0.2, 0.25) is 0 Å². The molecule has 0 aliphatic heterocycles. The van der Waals surface area contributed by atoms with Gasteiger partial charge in [0.25, 0.3) is 0 Å². The van der Waals surface area contributed by atoms with Crippen molar-refractivity contribution in [1.29, 1.82) is 0 Å². The predicted octanol–water partition coefficient (Wildman–Crippen LogP) is 2.93. The quantitative estimate of drug-likeness (QED) is 0.858. The van der Waals surface area contributed by atoms with Gasteiger partial charge in [0.15, 0.2) is 0 Å². The summed E-state index contributed by atoms with van der Waals surface area (Å²) in [6, 6.07) is 4.39. The average Bonchev–Trinajstić information content (AvgIpc) is 2.39. The van der Waals surface area contributed by atoms with E-state index in [1.54, 1.807) is 7.11 Å². The minimum atomic E-state index is 0.212. The van der Waals surface area contributed by atoms with Crippen LogP contribution in [0.25, 0.3) is 0 Å². The molecular weight excluding hydrogens is 238 g/mol. The fraction of sp³-hybridized carbons (Fsp3) is 0.625. The molecule has 0 amide bonds. The lowest BCUT2D eigenvalue weighted by Gasteiger charge is -2.33. The second kappa shape index (κ2) is 6.92. The van der Waals surface area contributed by atoms with Gasteiger partial charge in [0.1, 0.15) is 5.75 Å². The Balaban J connectivity index is 3.28. The van der Waals surface area contributed by atoms with Crippen LogP contribution in [-0.2, 0) is 0 Å². The number of hydrogen-bond donors (Lipinski definition) is 1. The van der Waals surface area contributed by atoms with E-state index in [1.807, 2.05) is 6.07 Å². The lowest BCUT2D eigenvalue weighted by molar-refractivity contribution is 0.130. The molecule has 0 saturated heterocycles. The van der Waals surface area contributed by atoms with Gasteiger partial charge in [0.05, 0.1) is 7.11 Å². The molecule has 3 nitrogen and oxygen atoms in total. The van der Waals surface area contributed by atoms with Gasteiger partial charge >= 0.3 is 0 Å². The van der Waals surface area contributed by atoms with Gasteiger partial charge < -0.3 is 14.7 Å². The molecule has 19 heavy (non-hydrogen) atoms. The Morgan fingerprint density at radius 1 is 1.21 bits per heavy atom. The highest BCUT2D eigenvalue weighted by molar-refractivity contribution is 5.45. The Hall–Kier alpha value is -1.06. The molecule has 0 saturated carbocycles. The smallest absolute Gasteiger partial charge is 0.122 e. The van der Waals surface area contributed by atoms with Gasteiger partial charge in [-0.1, -0.05) is 13.0 Å². The molecule has 1 N–H and O–H groups in total. The lowest BCUT2D eigenvalue weighted by atomic mass is 9.86. The second-order valence-electron chi connectivity index (χ2n) is 5.37. The number of benzene rings is 1. The molecule has 0 aliphatic carbocycles. The van der Waals surface area contributed by atoms with Crippen LogP contribution < -0.4 is 4.74 Å². The van der Waals surface area contributed by atoms with Crippen LogP contribution in [0.5, 0.6) is 5.75 Å². The standard InChI is InChI=1S/C16H27NO2/c1-7-13(10-18)16(17(4)5)14-8-9-15(19-6)12(3)11(14)2/h8-9,13,16,18H,7,10H2,1-6H3. The van der Waals surface area contributed by atoms with Gasteiger partial charge in [-0.3, -0.25) is 0 Å². The fourth-order valence-corrected chi connectivity index (χ4v) is 2.76. The zero-order valence-electron chi connectivity index (χ0n) is 13.0. The third kappa shape index (κ3) is 3.28. The van der Waals surface area contributed by atoms with Gasteiger partial charge in [0, 0.05) is 18.6 Å². The number of ether oxygens (including phenoxy) is 1. The van der Waals surface area contributed by atoms with E-state index in [4.69, 9.17) is 4.74 Å². The SMILES string of the molecule is CCC(CO)C(c1ccc(OC)c(C)c1C)N(C)C. The maximum atomic E-state index is 9.62. The largest absolute Gasteiger partial charge is 0.496 e. The summed E-state index contributed by atoms with van der Waals surface area (Å²) in [5.41, 5.74) is 3.72. The van der Waals surface area contributed by atoms with E-state index in [1.165, 1.54) is 16.7 Å². The number of hydrogen-bond acceptors (Lipinski definition) is 3. The van der Waals surface area contributed by atoms with Crippen LogP contribution in [0.15, 0.2) is 12.1 Å².